The third kappa shape index (κ3) is 4.60. The standard InChI is InChI=1S/C18H14ClN3O4S/c1-11-17(12-6-8-13(19)9-7-12)21-18(27-11)20-16(23)10-26-15-5-3-2-4-14(15)22(24)25/h2-9H,10H2,1H3,(H,20,21,23). The molecular formula is C18H14ClN3O4S. The molecule has 0 bridgehead atoms. The van der Waals surface area contributed by atoms with E-state index >= 15 is 0 Å². The molecule has 0 aliphatic heterocycles. The van der Waals surface area contributed by atoms with Gasteiger partial charge in [0.15, 0.2) is 17.5 Å². The topological polar surface area (TPSA) is 94.4 Å². The minimum atomic E-state index is -0.560. The minimum absolute atomic E-state index is 0.0369. The van der Waals surface area contributed by atoms with Gasteiger partial charge < -0.3 is 4.74 Å². The lowest BCUT2D eigenvalue weighted by Gasteiger charge is -2.06. The number of carbonyl (C=O) groups excluding carboxylic acids is 1. The van der Waals surface area contributed by atoms with Gasteiger partial charge >= 0.3 is 5.69 Å². The Kier molecular flexibility index (Phi) is 5.68. The van der Waals surface area contributed by atoms with Crippen LogP contribution >= 0.6 is 22.9 Å². The van der Waals surface area contributed by atoms with Crippen molar-refractivity contribution in [3.63, 3.8) is 0 Å². The Hall–Kier alpha value is -2.97. The number of hydrogen-bond acceptors (Lipinski definition) is 6. The number of aromatic nitrogens is 1. The summed E-state index contributed by atoms with van der Waals surface area (Å²) in [6.07, 6.45) is 0. The first-order valence-corrected chi connectivity index (χ1v) is 9.03. The summed E-state index contributed by atoms with van der Waals surface area (Å²) in [6, 6.07) is 13.1. The van der Waals surface area contributed by atoms with E-state index in [1.165, 1.54) is 29.5 Å². The highest BCUT2D eigenvalue weighted by Gasteiger charge is 2.16. The van der Waals surface area contributed by atoms with E-state index in [2.05, 4.69) is 10.3 Å². The lowest BCUT2D eigenvalue weighted by atomic mass is 10.1. The van der Waals surface area contributed by atoms with Crippen LogP contribution < -0.4 is 10.1 Å². The maximum atomic E-state index is 12.1. The Morgan fingerprint density at radius 2 is 1.96 bits per heavy atom. The van der Waals surface area contributed by atoms with Gasteiger partial charge in [0.25, 0.3) is 5.91 Å². The number of nitrogens with zero attached hydrogens (tertiary/aromatic N) is 2. The summed E-state index contributed by atoms with van der Waals surface area (Å²) in [6.45, 7) is 1.54. The van der Waals surface area contributed by atoms with E-state index in [9.17, 15) is 14.9 Å². The van der Waals surface area contributed by atoms with Crippen molar-refractivity contribution in [2.75, 3.05) is 11.9 Å². The minimum Gasteiger partial charge on any atom is -0.477 e. The second-order valence-electron chi connectivity index (χ2n) is 5.49. The van der Waals surface area contributed by atoms with Crippen molar-refractivity contribution < 1.29 is 14.5 Å². The smallest absolute Gasteiger partial charge is 0.310 e. The van der Waals surface area contributed by atoms with Crippen molar-refractivity contribution in [3.8, 4) is 17.0 Å². The Labute approximate surface area is 163 Å². The Morgan fingerprint density at radius 1 is 1.26 bits per heavy atom. The molecule has 0 saturated carbocycles. The number of anilines is 1. The lowest BCUT2D eigenvalue weighted by molar-refractivity contribution is -0.385. The van der Waals surface area contributed by atoms with Gasteiger partial charge in [-0.05, 0) is 25.1 Å². The summed E-state index contributed by atoms with van der Waals surface area (Å²) in [7, 11) is 0. The van der Waals surface area contributed by atoms with Crippen molar-refractivity contribution >= 4 is 39.7 Å². The summed E-state index contributed by atoms with van der Waals surface area (Å²) in [5.74, 6) is -0.417. The van der Waals surface area contributed by atoms with Crippen LogP contribution in [0.3, 0.4) is 0 Å². The summed E-state index contributed by atoms with van der Waals surface area (Å²) in [5.41, 5.74) is 1.46. The maximum absolute atomic E-state index is 12.1. The number of para-hydroxylation sites is 2. The molecule has 0 aliphatic carbocycles. The number of carbonyl (C=O) groups is 1. The van der Waals surface area contributed by atoms with Gasteiger partial charge in [-0.25, -0.2) is 4.98 Å². The number of halogens is 1. The van der Waals surface area contributed by atoms with E-state index < -0.39 is 10.8 Å². The molecule has 2 aromatic carbocycles. The molecule has 0 saturated heterocycles. The van der Waals surface area contributed by atoms with E-state index in [0.29, 0.717) is 10.2 Å². The van der Waals surface area contributed by atoms with Crippen molar-refractivity contribution in [2.24, 2.45) is 0 Å². The van der Waals surface area contributed by atoms with Crippen molar-refractivity contribution in [1.82, 2.24) is 4.98 Å². The molecule has 1 N–H and O–H groups in total. The van der Waals surface area contributed by atoms with Crippen LogP contribution in [0.15, 0.2) is 48.5 Å². The molecule has 0 aliphatic rings. The Bertz CT molecular complexity index is 989. The molecule has 0 fully saturated rings. The predicted molar refractivity (Wildman–Crippen MR) is 105 cm³/mol. The molecule has 27 heavy (non-hydrogen) atoms. The Morgan fingerprint density at radius 3 is 2.67 bits per heavy atom. The molecule has 0 unspecified atom stereocenters. The van der Waals surface area contributed by atoms with Crippen LogP contribution in [0.4, 0.5) is 10.8 Å². The monoisotopic (exact) mass is 403 g/mol. The highest BCUT2D eigenvalue weighted by Crippen LogP contribution is 2.31. The third-order valence-electron chi connectivity index (χ3n) is 3.58. The second kappa shape index (κ2) is 8.15. The molecule has 1 aromatic heterocycles. The molecule has 9 heteroatoms. The first-order chi connectivity index (χ1) is 12.9. The number of aryl methyl sites for hydroxylation is 1. The molecule has 0 atom stereocenters. The zero-order valence-corrected chi connectivity index (χ0v) is 15.7. The van der Waals surface area contributed by atoms with Crippen LogP contribution in [0, 0.1) is 17.0 Å². The SMILES string of the molecule is Cc1sc(NC(=O)COc2ccccc2[N+](=O)[O-])nc1-c1ccc(Cl)cc1. The molecule has 1 amide bonds. The highest BCUT2D eigenvalue weighted by atomic mass is 35.5. The van der Waals surface area contributed by atoms with Crippen LogP contribution in [0.25, 0.3) is 11.3 Å². The van der Waals surface area contributed by atoms with Crippen LogP contribution in [-0.2, 0) is 4.79 Å². The van der Waals surface area contributed by atoms with Gasteiger partial charge in [0.1, 0.15) is 0 Å². The number of benzene rings is 2. The normalized spacial score (nSPS) is 10.4. The molecule has 0 spiro atoms. The third-order valence-corrected chi connectivity index (χ3v) is 4.72. The number of amides is 1. The summed E-state index contributed by atoms with van der Waals surface area (Å²) >= 11 is 7.23. The van der Waals surface area contributed by atoms with Crippen molar-refractivity contribution in [3.05, 3.63) is 68.5 Å². The summed E-state index contributed by atoms with van der Waals surface area (Å²) in [4.78, 5) is 27.9. The fraction of sp³-hybridized carbons (Fsp3) is 0.111. The molecule has 3 rings (SSSR count). The van der Waals surface area contributed by atoms with Gasteiger partial charge in [-0.2, -0.15) is 0 Å². The molecule has 138 valence electrons. The van der Waals surface area contributed by atoms with E-state index in [-0.39, 0.29) is 18.0 Å². The van der Waals surface area contributed by atoms with Gasteiger partial charge in [0, 0.05) is 21.5 Å². The number of hydrogen-bond donors (Lipinski definition) is 1. The number of rotatable bonds is 6. The summed E-state index contributed by atoms with van der Waals surface area (Å²) < 4.78 is 5.28. The molecule has 0 radical (unpaired) electrons. The number of thiazole rings is 1. The van der Waals surface area contributed by atoms with Crippen LogP contribution in [0.5, 0.6) is 5.75 Å². The van der Waals surface area contributed by atoms with Crippen molar-refractivity contribution in [1.29, 1.82) is 0 Å². The number of nitro benzene ring substituents is 1. The maximum Gasteiger partial charge on any atom is 0.310 e. The van der Waals surface area contributed by atoms with Gasteiger partial charge in [-0.3, -0.25) is 20.2 Å². The average molecular weight is 404 g/mol. The van der Waals surface area contributed by atoms with E-state index in [1.807, 2.05) is 19.1 Å². The molecular weight excluding hydrogens is 390 g/mol. The first-order valence-electron chi connectivity index (χ1n) is 7.83. The van der Waals surface area contributed by atoms with Gasteiger partial charge in [-0.15, -0.1) is 11.3 Å². The van der Waals surface area contributed by atoms with Gasteiger partial charge in [-0.1, -0.05) is 35.9 Å². The van der Waals surface area contributed by atoms with Crippen LogP contribution in [0.1, 0.15) is 4.88 Å². The number of ether oxygens (including phenoxy) is 1. The predicted octanol–water partition coefficient (Wildman–Crippen LogP) is 4.70. The van der Waals surface area contributed by atoms with Crippen molar-refractivity contribution in [2.45, 2.75) is 6.92 Å². The van der Waals surface area contributed by atoms with Crippen LogP contribution in [0.2, 0.25) is 5.02 Å². The van der Waals surface area contributed by atoms with Gasteiger partial charge in [0.2, 0.25) is 0 Å². The quantitative estimate of drug-likeness (QED) is 0.475. The largest absolute Gasteiger partial charge is 0.477 e. The first kappa shape index (κ1) is 18.8. The number of nitro groups is 1. The van der Waals surface area contributed by atoms with E-state index in [4.69, 9.17) is 16.3 Å². The number of nitrogens with one attached hydrogen (secondary N) is 1. The molecule has 1 heterocycles. The van der Waals surface area contributed by atoms with Crippen LogP contribution in [-0.4, -0.2) is 22.4 Å². The fourth-order valence-corrected chi connectivity index (χ4v) is 3.33. The Balaban J connectivity index is 1.66. The molecule has 3 aromatic rings. The second-order valence-corrected chi connectivity index (χ2v) is 7.13. The average Bonchev–Trinajstić information content (AvgIpc) is 3.01. The molecule has 7 nitrogen and oxygen atoms in total. The highest BCUT2D eigenvalue weighted by molar-refractivity contribution is 7.16. The van der Waals surface area contributed by atoms with Gasteiger partial charge in [0.05, 0.1) is 10.6 Å². The summed E-state index contributed by atoms with van der Waals surface area (Å²) in [5, 5.41) is 14.7. The van der Waals surface area contributed by atoms with E-state index in [0.717, 1.165) is 16.1 Å². The van der Waals surface area contributed by atoms with E-state index in [1.54, 1.807) is 18.2 Å². The fourth-order valence-electron chi connectivity index (χ4n) is 2.35. The zero-order chi connectivity index (χ0) is 19.4. The lowest BCUT2D eigenvalue weighted by Crippen LogP contribution is -2.20. The zero-order valence-electron chi connectivity index (χ0n) is 14.1.